The van der Waals surface area contributed by atoms with Gasteiger partial charge in [-0.3, -0.25) is 9.59 Å². The van der Waals surface area contributed by atoms with E-state index in [4.69, 9.17) is 9.47 Å². The maximum Gasteiger partial charge on any atom is 0.251 e. The predicted octanol–water partition coefficient (Wildman–Crippen LogP) is 2.60. The molecule has 2 rings (SSSR count). The van der Waals surface area contributed by atoms with Crippen LogP contribution in [0.4, 0.5) is 0 Å². The van der Waals surface area contributed by atoms with Crippen molar-refractivity contribution in [2.45, 2.75) is 26.2 Å². The number of nitrogens with one attached hydrogen (secondary N) is 1. The minimum Gasteiger partial charge on any atom is -0.493 e. The molecule has 6 nitrogen and oxygen atoms in total. The highest BCUT2D eigenvalue weighted by Gasteiger charge is 2.19. The molecule has 0 saturated carbocycles. The van der Waals surface area contributed by atoms with Crippen LogP contribution in [0.15, 0.2) is 16.6 Å². The first-order chi connectivity index (χ1) is 11.6. The number of rotatable bonds is 8. The molecule has 7 heteroatoms. The van der Waals surface area contributed by atoms with Crippen LogP contribution < -0.4 is 14.8 Å². The molecule has 1 aromatic carbocycles. The number of carbonyl (C=O) groups excluding carboxylic acids is 2. The first-order valence-electron chi connectivity index (χ1n) is 8.13. The number of amides is 2. The van der Waals surface area contributed by atoms with Crippen molar-refractivity contribution in [2.24, 2.45) is 0 Å². The van der Waals surface area contributed by atoms with E-state index in [0.29, 0.717) is 47.7 Å². The van der Waals surface area contributed by atoms with Crippen LogP contribution in [0.25, 0.3) is 0 Å². The molecule has 1 fully saturated rings. The summed E-state index contributed by atoms with van der Waals surface area (Å²) in [6.07, 6.45) is 2.32. The van der Waals surface area contributed by atoms with E-state index < -0.39 is 0 Å². The zero-order valence-corrected chi connectivity index (χ0v) is 15.6. The van der Waals surface area contributed by atoms with Crippen LogP contribution in [0.3, 0.4) is 0 Å². The van der Waals surface area contributed by atoms with Gasteiger partial charge in [-0.25, -0.2) is 0 Å². The van der Waals surface area contributed by atoms with Crippen molar-refractivity contribution in [3.63, 3.8) is 0 Å². The molecule has 2 amide bonds. The van der Waals surface area contributed by atoms with Crippen molar-refractivity contribution in [1.82, 2.24) is 10.2 Å². The van der Waals surface area contributed by atoms with E-state index in [9.17, 15) is 9.59 Å². The standard InChI is InChI=1S/C17H23BrN2O4/c1-3-24-16-13(18)10-12(11-14(16)23-2)17(22)19-7-5-9-20-8-4-6-15(20)21/h10-11H,3-9H2,1-2H3,(H,19,22). The molecule has 24 heavy (non-hydrogen) atoms. The van der Waals surface area contributed by atoms with Gasteiger partial charge in [-0.05, 0) is 47.8 Å². The van der Waals surface area contributed by atoms with Crippen molar-refractivity contribution in [3.8, 4) is 11.5 Å². The lowest BCUT2D eigenvalue weighted by molar-refractivity contribution is -0.127. The molecule has 0 radical (unpaired) electrons. The van der Waals surface area contributed by atoms with Crippen LogP contribution in [0.2, 0.25) is 0 Å². The Hall–Kier alpha value is -1.76. The molecule has 0 spiro atoms. The van der Waals surface area contributed by atoms with Gasteiger partial charge in [0.2, 0.25) is 5.91 Å². The number of methoxy groups -OCH3 is 1. The smallest absolute Gasteiger partial charge is 0.251 e. The summed E-state index contributed by atoms with van der Waals surface area (Å²) in [5.74, 6) is 1.13. The first kappa shape index (κ1) is 18.6. The molecular weight excluding hydrogens is 376 g/mol. The lowest BCUT2D eigenvalue weighted by atomic mass is 10.2. The van der Waals surface area contributed by atoms with Gasteiger partial charge in [0.15, 0.2) is 11.5 Å². The number of nitrogens with zero attached hydrogens (tertiary/aromatic N) is 1. The molecule has 132 valence electrons. The molecule has 1 aliphatic rings. The number of benzene rings is 1. The minimum atomic E-state index is -0.176. The third-order valence-electron chi connectivity index (χ3n) is 3.84. The second-order valence-electron chi connectivity index (χ2n) is 5.52. The van der Waals surface area contributed by atoms with Crippen LogP contribution in [-0.2, 0) is 4.79 Å². The highest BCUT2D eigenvalue weighted by molar-refractivity contribution is 9.10. The number of hydrogen-bond donors (Lipinski definition) is 1. The molecule has 1 saturated heterocycles. The summed E-state index contributed by atoms with van der Waals surface area (Å²) in [7, 11) is 1.54. The first-order valence-corrected chi connectivity index (χ1v) is 8.92. The average Bonchev–Trinajstić information content (AvgIpc) is 2.98. The number of carbonyl (C=O) groups is 2. The third-order valence-corrected chi connectivity index (χ3v) is 4.43. The van der Waals surface area contributed by atoms with E-state index >= 15 is 0 Å². The molecule has 1 aliphatic heterocycles. The molecule has 1 heterocycles. The molecule has 0 aliphatic carbocycles. The topological polar surface area (TPSA) is 67.9 Å². The summed E-state index contributed by atoms with van der Waals surface area (Å²) in [6, 6.07) is 3.38. The number of halogens is 1. The van der Waals surface area contributed by atoms with Gasteiger partial charge in [-0.15, -0.1) is 0 Å². The van der Waals surface area contributed by atoms with Gasteiger partial charge in [0, 0.05) is 31.6 Å². The van der Waals surface area contributed by atoms with Crippen molar-refractivity contribution >= 4 is 27.7 Å². The van der Waals surface area contributed by atoms with Crippen LogP contribution in [0.1, 0.15) is 36.5 Å². The lowest BCUT2D eigenvalue weighted by Crippen LogP contribution is -2.30. The van der Waals surface area contributed by atoms with Gasteiger partial charge in [0.05, 0.1) is 18.2 Å². The van der Waals surface area contributed by atoms with Crippen molar-refractivity contribution in [2.75, 3.05) is 33.4 Å². The van der Waals surface area contributed by atoms with E-state index in [1.807, 2.05) is 11.8 Å². The fourth-order valence-corrected chi connectivity index (χ4v) is 3.21. The molecule has 0 atom stereocenters. The Kier molecular flexibility index (Phi) is 6.90. The summed E-state index contributed by atoms with van der Waals surface area (Å²) >= 11 is 3.41. The van der Waals surface area contributed by atoms with E-state index in [-0.39, 0.29) is 11.8 Å². The Balaban J connectivity index is 1.89. The summed E-state index contributed by atoms with van der Waals surface area (Å²) in [4.78, 5) is 25.7. The Morgan fingerprint density at radius 2 is 2.21 bits per heavy atom. The van der Waals surface area contributed by atoms with Crippen LogP contribution in [-0.4, -0.2) is 50.1 Å². The molecular formula is C17H23BrN2O4. The van der Waals surface area contributed by atoms with Gasteiger partial charge in [0.1, 0.15) is 0 Å². The Bertz CT molecular complexity index is 606. The fraction of sp³-hybridized carbons (Fsp3) is 0.529. The quantitative estimate of drug-likeness (QED) is 0.683. The number of likely N-dealkylation sites (tertiary alicyclic amines) is 1. The Morgan fingerprint density at radius 1 is 1.42 bits per heavy atom. The fourth-order valence-electron chi connectivity index (χ4n) is 2.65. The summed E-state index contributed by atoms with van der Waals surface area (Å²) < 4.78 is 11.5. The van der Waals surface area contributed by atoms with Crippen molar-refractivity contribution in [1.29, 1.82) is 0 Å². The highest BCUT2D eigenvalue weighted by atomic mass is 79.9. The SMILES string of the molecule is CCOc1c(Br)cc(C(=O)NCCCN2CCCC2=O)cc1OC. The van der Waals surface area contributed by atoms with E-state index in [0.717, 1.165) is 19.4 Å². The zero-order valence-electron chi connectivity index (χ0n) is 14.1. The summed E-state index contributed by atoms with van der Waals surface area (Å²) in [6.45, 7) is 4.44. The molecule has 0 unspecified atom stereocenters. The highest BCUT2D eigenvalue weighted by Crippen LogP contribution is 2.36. The predicted molar refractivity (Wildman–Crippen MR) is 94.6 cm³/mol. The summed E-state index contributed by atoms with van der Waals surface area (Å²) in [5, 5.41) is 2.87. The third kappa shape index (κ3) is 4.63. The normalized spacial score (nSPS) is 14.0. The van der Waals surface area contributed by atoms with Gasteiger partial charge in [0.25, 0.3) is 5.91 Å². The lowest BCUT2D eigenvalue weighted by Gasteiger charge is -2.16. The van der Waals surface area contributed by atoms with Crippen LogP contribution in [0, 0.1) is 0 Å². The van der Waals surface area contributed by atoms with Crippen LogP contribution >= 0.6 is 15.9 Å². The van der Waals surface area contributed by atoms with Gasteiger partial charge in [-0.1, -0.05) is 0 Å². The number of ether oxygens (including phenoxy) is 2. The van der Waals surface area contributed by atoms with Gasteiger partial charge >= 0.3 is 0 Å². The van der Waals surface area contributed by atoms with E-state index in [1.54, 1.807) is 19.2 Å². The maximum absolute atomic E-state index is 12.3. The largest absolute Gasteiger partial charge is 0.493 e. The molecule has 0 bridgehead atoms. The monoisotopic (exact) mass is 398 g/mol. The zero-order chi connectivity index (χ0) is 17.5. The van der Waals surface area contributed by atoms with Crippen LogP contribution in [0.5, 0.6) is 11.5 Å². The second-order valence-corrected chi connectivity index (χ2v) is 6.37. The van der Waals surface area contributed by atoms with E-state index in [2.05, 4.69) is 21.2 Å². The average molecular weight is 399 g/mol. The van der Waals surface area contributed by atoms with Crippen molar-refractivity contribution < 1.29 is 19.1 Å². The summed E-state index contributed by atoms with van der Waals surface area (Å²) in [5.41, 5.74) is 0.499. The Morgan fingerprint density at radius 3 is 2.83 bits per heavy atom. The molecule has 1 N–H and O–H groups in total. The van der Waals surface area contributed by atoms with Crippen molar-refractivity contribution in [3.05, 3.63) is 22.2 Å². The molecule has 0 aromatic heterocycles. The Labute approximate surface area is 150 Å². The molecule has 1 aromatic rings. The number of hydrogen-bond acceptors (Lipinski definition) is 4. The maximum atomic E-state index is 12.3. The van der Waals surface area contributed by atoms with Gasteiger partial charge < -0.3 is 19.7 Å². The minimum absolute atomic E-state index is 0.176. The van der Waals surface area contributed by atoms with Gasteiger partial charge in [-0.2, -0.15) is 0 Å². The van der Waals surface area contributed by atoms with E-state index in [1.165, 1.54) is 0 Å². The second kappa shape index (κ2) is 8.92.